The van der Waals surface area contributed by atoms with Gasteiger partial charge >= 0.3 is 0 Å². The average Bonchev–Trinajstić information content (AvgIpc) is 3.14. The monoisotopic (exact) mass is 397 g/mol. The highest BCUT2D eigenvalue weighted by atomic mass is 35.5. The zero-order chi connectivity index (χ0) is 19.9. The molecular formula is C19H20ClN7O. The van der Waals surface area contributed by atoms with Gasteiger partial charge in [0.15, 0.2) is 0 Å². The first-order chi connectivity index (χ1) is 13.5. The molecule has 0 aliphatic rings. The van der Waals surface area contributed by atoms with E-state index in [9.17, 15) is 4.79 Å². The van der Waals surface area contributed by atoms with Crippen LogP contribution >= 0.6 is 11.6 Å². The van der Waals surface area contributed by atoms with Crippen LogP contribution in [0.3, 0.4) is 0 Å². The Morgan fingerprint density at radius 1 is 1.18 bits per heavy atom. The molecule has 28 heavy (non-hydrogen) atoms. The van der Waals surface area contributed by atoms with Crippen molar-refractivity contribution in [2.75, 3.05) is 11.9 Å². The standard InChI is InChI=1S/C19H20ClN7O/c1-12-9-13(2)25-19(24-12)27-18(22-8-7-16-10-21-11-23-16)26-17(28)14-3-5-15(20)6-4-14/h3-6,9-11H,7-8H2,1-2H3,(H,21,23)(H2,22,24,25,26,27,28). The fraction of sp³-hybridized carbons (Fsp3) is 0.211. The summed E-state index contributed by atoms with van der Waals surface area (Å²) in [5.74, 6) is 0.326. The van der Waals surface area contributed by atoms with E-state index < -0.39 is 0 Å². The molecule has 2 aromatic heterocycles. The molecule has 0 saturated carbocycles. The van der Waals surface area contributed by atoms with Gasteiger partial charge in [0.2, 0.25) is 11.9 Å². The Balaban J connectivity index is 1.76. The highest BCUT2D eigenvalue weighted by Gasteiger charge is 2.11. The van der Waals surface area contributed by atoms with Gasteiger partial charge in [0.1, 0.15) is 0 Å². The number of nitrogens with one attached hydrogen (secondary N) is 3. The molecule has 1 amide bonds. The summed E-state index contributed by atoms with van der Waals surface area (Å²) in [4.78, 5) is 32.7. The number of H-pyrrole nitrogens is 1. The lowest BCUT2D eigenvalue weighted by Gasteiger charge is -2.11. The predicted molar refractivity (Wildman–Crippen MR) is 109 cm³/mol. The second-order valence-electron chi connectivity index (χ2n) is 6.12. The molecular weight excluding hydrogens is 378 g/mol. The van der Waals surface area contributed by atoms with E-state index >= 15 is 0 Å². The summed E-state index contributed by atoms with van der Waals surface area (Å²) in [5, 5.41) is 6.33. The second kappa shape index (κ2) is 9.09. The quantitative estimate of drug-likeness (QED) is 0.453. The van der Waals surface area contributed by atoms with Crippen LogP contribution in [-0.4, -0.2) is 38.3 Å². The minimum absolute atomic E-state index is 0.268. The zero-order valence-electron chi connectivity index (χ0n) is 15.5. The number of hydrogen-bond donors (Lipinski definition) is 3. The SMILES string of the molecule is Cc1cc(C)nc(NC(=NCCc2cnc[nH]2)NC(=O)c2ccc(Cl)cc2)n1. The number of halogens is 1. The molecule has 3 rings (SSSR count). The molecule has 2 heterocycles. The fourth-order valence-electron chi connectivity index (χ4n) is 2.49. The molecule has 8 nitrogen and oxygen atoms in total. The van der Waals surface area contributed by atoms with Gasteiger partial charge in [0, 0.05) is 46.8 Å². The lowest BCUT2D eigenvalue weighted by Crippen LogP contribution is -2.37. The van der Waals surface area contributed by atoms with E-state index in [4.69, 9.17) is 11.6 Å². The second-order valence-corrected chi connectivity index (χ2v) is 6.55. The molecule has 0 unspecified atom stereocenters. The van der Waals surface area contributed by atoms with Crippen molar-refractivity contribution < 1.29 is 4.79 Å². The molecule has 0 aliphatic carbocycles. The van der Waals surface area contributed by atoms with Gasteiger partial charge in [-0.1, -0.05) is 11.6 Å². The van der Waals surface area contributed by atoms with Gasteiger partial charge in [-0.3, -0.25) is 20.4 Å². The molecule has 0 bridgehead atoms. The lowest BCUT2D eigenvalue weighted by atomic mass is 10.2. The number of carbonyl (C=O) groups excluding carboxylic acids is 1. The number of imidazole rings is 1. The number of amides is 1. The van der Waals surface area contributed by atoms with Crippen molar-refractivity contribution in [1.82, 2.24) is 25.3 Å². The van der Waals surface area contributed by atoms with E-state index in [2.05, 4.69) is 35.6 Å². The topological polar surface area (TPSA) is 108 Å². The summed E-state index contributed by atoms with van der Waals surface area (Å²) in [6.07, 6.45) is 4.00. The van der Waals surface area contributed by atoms with E-state index in [1.54, 1.807) is 36.8 Å². The number of hydrogen-bond acceptors (Lipinski definition) is 5. The fourth-order valence-corrected chi connectivity index (χ4v) is 2.61. The number of aliphatic imine (C=N–C) groups is 1. The number of aromatic nitrogens is 4. The normalized spacial score (nSPS) is 11.3. The van der Waals surface area contributed by atoms with Gasteiger partial charge < -0.3 is 4.98 Å². The van der Waals surface area contributed by atoms with Crippen LogP contribution in [0.1, 0.15) is 27.4 Å². The first kappa shape index (κ1) is 19.5. The molecule has 0 spiro atoms. The van der Waals surface area contributed by atoms with E-state index in [-0.39, 0.29) is 11.9 Å². The van der Waals surface area contributed by atoms with Crippen LogP contribution in [0, 0.1) is 13.8 Å². The molecule has 0 radical (unpaired) electrons. The molecule has 0 aliphatic heterocycles. The Morgan fingerprint density at radius 3 is 2.54 bits per heavy atom. The summed E-state index contributed by atoms with van der Waals surface area (Å²) < 4.78 is 0. The maximum absolute atomic E-state index is 12.6. The van der Waals surface area contributed by atoms with Gasteiger partial charge in [-0.05, 0) is 44.2 Å². The smallest absolute Gasteiger partial charge is 0.257 e. The van der Waals surface area contributed by atoms with E-state index in [1.165, 1.54) is 0 Å². The maximum atomic E-state index is 12.6. The number of carbonyl (C=O) groups is 1. The van der Waals surface area contributed by atoms with Crippen LogP contribution in [0.5, 0.6) is 0 Å². The van der Waals surface area contributed by atoms with E-state index in [1.807, 2.05) is 19.9 Å². The van der Waals surface area contributed by atoms with Crippen molar-refractivity contribution in [3.05, 3.63) is 70.5 Å². The zero-order valence-corrected chi connectivity index (χ0v) is 16.3. The van der Waals surface area contributed by atoms with Gasteiger partial charge in [-0.2, -0.15) is 0 Å². The van der Waals surface area contributed by atoms with E-state index in [0.29, 0.717) is 29.5 Å². The number of aryl methyl sites for hydroxylation is 2. The highest BCUT2D eigenvalue weighted by molar-refractivity contribution is 6.30. The molecule has 0 fully saturated rings. The van der Waals surface area contributed by atoms with Crippen molar-refractivity contribution >= 4 is 29.4 Å². The summed E-state index contributed by atoms with van der Waals surface area (Å²) in [6.45, 7) is 4.19. The van der Waals surface area contributed by atoms with Crippen molar-refractivity contribution in [2.24, 2.45) is 4.99 Å². The van der Waals surface area contributed by atoms with Crippen LogP contribution in [0.2, 0.25) is 5.02 Å². The van der Waals surface area contributed by atoms with Crippen molar-refractivity contribution in [1.29, 1.82) is 0 Å². The number of rotatable bonds is 5. The minimum atomic E-state index is -0.311. The Labute approximate surface area is 167 Å². The molecule has 144 valence electrons. The van der Waals surface area contributed by atoms with Crippen LogP contribution in [0.15, 0.2) is 47.8 Å². The molecule has 9 heteroatoms. The third-order valence-electron chi connectivity index (χ3n) is 3.76. The molecule has 1 aromatic carbocycles. The Morgan fingerprint density at radius 2 is 1.89 bits per heavy atom. The van der Waals surface area contributed by atoms with Crippen LogP contribution in [0.25, 0.3) is 0 Å². The van der Waals surface area contributed by atoms with E-state index in [0.717, 1.165) is 17.1 Å². The molecule has 3 aromatic rings. The van der Waals surface area contributed by atoms with Crippen molar-refractivity contribution in [3.8, 4) is 0 Å². The number of nitrogens with zero attached hydrogens (tertiary/aromatic N) is 4. The lowest BCUT2D eigenvalue weighted by molar-refractivity contribution is 0.0977. The molecule has 0 atom stereocenters. The molecule has 0 saturated heterocycles. The van der Waals surface area contributed by atoms with Crippen LogP contribution < -0.4 is 10.6 Å². The summed E-state index contributed by atoms with van der Waals surface area (Å²) in [7, 11) is 0. The largest absolute Gasteiger partial charge is 0.348 e. The first-order valence-corrected chi connectivity index (χ1v) is 9.05. The van der Waals surface area contributed by atoms with Crippen molar-refractivity contribution in [3.63, 3.8) is 0 Å². The number of anilines is 1. The van der Waals surface area contributed by atoms with Crippen molar-refractivity contribution in [2.45, 2.75) is 20.3 Å². The Hall–Kier alpha value is -3.26. The highest BCUT2D eigenvalue weighted by Crippen LogP contribution is 2.09. The summed E-state index contributed by atoms with van der Waals surface area (Å²) >= 11 is 5.88. The summed E-state index contributed by atoms with van der Waals surface area (Å²) in [6, 6.07) is 8.48. The number of aromatic amines is 1. The average molecular weight is 398 g/mol. The molecule has 3 N–H and O–H groups in total. The maximum Gasteiger partial charge on any atom is 0.257 e. The van der Waals surface area contributed by atoms with Gasteiger partial charge in [-0.15, -0.1) is 0 Å². The van der Waals surface area contributed by atoms with Crippen LogP contribution in [0.4, 0.5) is 5.95 Å². The third kappa shape index (κ3) is 5.62. The van der Waals surface area contributed by atoms with Gasteiger partial charge in [-0.25, -0.2) is 15.0 Å². The summed E-state index contributed by atoms with van der Waals surface area (Å²) in [5.41, 5.74) is 3.05. The van der Waals surface area contributed by atoms with Gasteiger partial charge in [0.05, 0.1) is 6.33 Å². The predicted octanol–water partition coefficient (Wildman–Crippen LogP) is 2.91. The third-order valence-corrected chi connectivity index (χ3v) is 4.01. The minimum Gasteiger partial charge on any atom is -0.348 e. The van der Waals surface area contributed by atoms with Crippen LogP contribution in [-0.2, 0) is 6.42 Å². The van der Waals surface area contributed by atoms with Gasteiger partial charge in [0.25, 0.3) is 5.91 Å². The Bertz CT molecular complexity index is 948. The first-order valence-electron chi connectivity index (χ1n) is 8.67. The number of guanidine groups is 1. The number of benzene rings is 1. The Kier molecular flexibility index (Phi) is 6.33.